The Morgan fingerprint density at radius 2 is 1.60 bits per heavy atom. The van der Waals surface area contributed by atoms with E-state index in [0.29, 0.717) is 24.5 Å². The van der Waals surface area contributed by atoms with Crippen LogP contribution in [-0.4, -0.2) is 45.9 Å². The molecule has 1 aliphatic rings. The molecule has 1 amide bonds. The van der Waals surface area contributed by atoms with Gasteiger partial charge in [-0.15, -0.1) is 0 Å². The smallest absolute Gasteiger partial charge is 0.255 e. The molecule has 30 heavy (non-hydrogen) atoms. The van der Waals surface area contributed by atoms with Crippen LogP contribution in [0.15, 0.2) is 45.8 Å². The number of methoxy groups -OCH3 is 2. The first-order chi connectivity index (χ1) is 14.4. The molecule has 0 radical (unpaired) electrons. The molecule has 1 saturated heterocycles. The molecule has 0 atom stereocenters. The molecule has 0 bridgehead atoms. The molecule has 2 aromatic carbocycles. The van der Waals surface area contributed by atoms with E-state index in [1.165, 1.54) is 30.7 Å². The monoisotopic (exact) mass is 496 g/mol. The number of hydrogen-bond acceptors (Lipinski definition) is 5. The molecule has 1 heterocycles. The predicted octanol–water partition coefficient (Wildman–Crippen LogP) is 4.28. The minimum atomic E-state index is -3.78. The fourth-order valence-electron chi connectivity index (χ4n) is 3.41. The summed E-state index contributed by atoms with van der Waals surface area (Å²) in [5.41, 5.74) is 0.691. The predicted molar refractivity (Wildman–Crippen MR) is 119 cm³/mol. The van der Waals surface area contributed by atoms with E-state index in [1.807, 2.05) is 0 Å². The molecule has 162 valence electrons. The van der Waals surface area contributed by atoms with Gasteiger partial charge in [0.15, 0.2) is 0 Å². The van der Waals surface area contributed by atoms with Gasteiger partial charge in [0.2, 0.25) is 10.0 Å². The van der Waals surface area contributed by atoms with E-state index in [-0.39, 0.29) is 16.2 Å². The second-order valence-electron chi connectivity index (χ2n) is 6.98. The van der Waals surface area contributed by atoms with Gasteiger partial charge in [-0.3, -0.25) is 4.79 Å². The average molecular weight is 497 g/mol. The fraction of sp³-hybridized carbons (Fsp3) is 0.381. The van der Waals surface area contributed by atoms with Crippen LogP contribution in [0.5, 0.6) is 11.5 Å². The molecule has 1 aliphatic heterocycles. The van der Waals surface area contributed by atoms with Crippen molar-refractivity contribution in [3.63, 3.8) is 0 Å². The number of sulfonamides is 1. The maximum Gasteiger partial charge on any atom is 0.255 e. The number of carbonyl (C=O) groups excluding carboxylic acids is 1. The van der Waals surface area contributed by atoms with Gasteiger partial charge in [0.05, 0.1) is 19.9 Å². The van der Waals surface area contributed by atoms with Crippen molar-refractivity contribution in [2.75, 3.05) is 32.6 Å². The number of anilines is 1. The number of nitrogens with one attached hydrogen (secondary N) is 1. The van der Waals surface area contributed by atoms with Crippen molar-refractivity contribution in [1.29, 1.82) is 0 Å². The fourth-order valence-corrected chi connectivity index (χ4v) is 5.47. The van der Waals surface area contributed by atoms with E-state index in [4.69, 9.17) is 9.47 Å². The lowest BCUT2D eigenvalue weighted by molar-refractivity contribution is 0.102. The number of halogens is 1. The van der Waals surface area contributed by atoms with Crippen molar-refractivity contribution in [2.24, 2.45) is 0 Å². The number of carbonyl (C=O) groups is 1. The number of benzene rings is 2. The van der Waals surface area contributed by atoms with Crippen molar-refractivity contribution in [3.8, 4) is 11.5 Å². The van der Waals surface area contributed by atoms with Gasteiger partial charge >= 0.3 is 0 Å². The zero-order valence-corrected chi connectivity index (χ0v) is 19.4. The lowest BCUT2D eigenvalue weighted by Gasteiger charge is -2.21. The summed E-state index contributed by atoms with van der Waals surface area (Å²) in [4.78, 5) is 12.9. The minimum absolute atomic E-state index is 0.000701. The summed E-state index contributed by atoms with van der Waals surface area (Å²) in [6, 6.07) is 9.67. The van der Waals surface area contributed by atoms with E-state index in [1.54, 1.807) is 24.3 Å². The number of rotatable bonds is 6. The summed E-state index contributed by atoms with van der Waals surface area (Å²) < 4.78 is 39.4. The molecular weight excluding hydrogens is 472 g/mol. The summed E-state index contributed by atoms with van der Waals surface area (Å²) in [7, 11) is -0.849. The summed E-state index contributed by atoms with van der Waals surface area (Å²) in [6.45, 7) is 0.939. The van der Waals surface area contributed by atoms with Crippen molar-refractivity contribution in [1.82, 2.24) is 4.31 Å². The van der Waals surface area contributed by atoms with Gasteiger partial charge in [0.1, 0.15) is 16.4 Å². The molecule has 2 aromatic rings. The molecular formula is C21H25BrN2O5S. The number of nitrogens with zero attached hydrogens (tertiary/aromatic N) is 1. The van der Waals surface area contributed by atoms with E-state index in [9.17, 15) is 13.2 Å². The standard InChI is InChI=1S/C21H25BrN2O5S/c1-28-18-10-8-16(22)14-17(18)23-21(25)15-7-9-19(29-2)20(13-15)30(26,27)24-11-5-3-4-6-12-24/h7-10,13-14H,3-6,11-12H2,1-2H3,(H,23,25). The van der Waals surface area contributed by atoms with Crippen LogP contribution >= 0.6 is 15.9 Å². The zero-order chi connectivity index (χ0) is 21.7. The Bertz CT molecular complexity index is 1020. The third kappa shape index (κ3) is 4.96. The van der Waals surface area contributed by atoms with Crippen LogP contribution in [0.1, 0.15) is 36.0 Å². The molecule has 0 aliphatic carbocycles. The Kier molecular flexibility index (Phi) is 7.38. The Hall–Kier alpha value is -2.10. The van der Waals surface area contributed by atoms with E-state index in [2.05, 4.69) is 21.2 Å². The first kappa shape index (κ1) is 22.6. The van der Waals surface area contributed by atoms with Crippen molar-refractivity contribution < 1.29 is 22.7 Å². The highest BCUT2D eigenvalue weighted by atomic mass is 79.9. The molecule has 3 rings (SSSR count). The van der Waals surface area contributed by atoms with Crippen LogP contribution in [0.3, 0.4) is 0 Å². The molecule has 0 spiro atoms. The van der Waals surface area contributed by atoms with Crippen LogP contribution in [-0.2, 0) is 10.0 Å². The second kappa shape index (κ2) is 9.80. The lowest BCUT2D eigenvalue weighted by Crippen LogP contribution is -2.32. The Morgan fingerprint density at radius 1 is 0.967 bits per heavy atom. The first-order valence-electron chi connectivity index (χ1n) is 9.70. The highest BCUT2D eigenvalue weighted by Gasteiger charge is 2.29. The summed E-state index contributed by atoms with van der Waals surface area (Å²) >= 11 is 3.37. The van der Waals surface area contributed by atoms with Gasteiger partial charge in [0.25, 0.3) is 5.91 Å². The van der Waals surface area contributed by atoms with Crippen LogP contribution in [0.2, 0.25) is 0 Å². The van der Waals surface area contributed by atoms with Crippen LogP contribution < -0.4 is 14.8 Å². The Morgan fingerprint density at radius 3 is 2.23 bits per heavy atom. The van der Waals surface area contributed by atoms with Gasteiger partial charge in [0, 0.05) is 23.1 Å². The summed E-state index contributed by atoms with van der Waals surface area (Å²) in [5, 5.41) is 2.78. The lowest BCUT2D eigenvalue weighted by atomic mass is 10.2. The zero-order valence-electron chi connectivity index (χ0n) is 17.0. The van der Waals surface area contributed by atoms with E-state index in [0.717, 1.165) is 30.2 Å². The quantitative estimate of drug-likeness (QED) is 0.644. The maximum absolute atomic E-state index is 13.3. The second-order valence-corrected chi connectivity index (χ2v) is 9.80. The summed E-state index contributed by atoms with van der Waals surface area (Å²) in [5.74, 6) is 0.273. The van der Waals surface area contributed by atoms with Gasteiger partial charge in [-0.1, -0.05) is 28.8 Å². The SMILES string of the molecule is COc1ccc(Br)cc1NC(=O)c1ccc(OC)c(S(=O)(=O)N2CCCCCC2)c1. The topological polar surface area (TPSA) is 84.9 Å². The largest absolute Gasteiger partial charge is 0.495 e. The van der Waals surface area contributed by atoms with E-state index >= 15 is 0 Å². The van der Waals surface area contributed by atoms with Crippen LogP contribution in [0.25, 0.3) is 0 Å². The molecule has 0 unspecified atom stereocenters. The highest BCUT2D eigenvalue weighted by Crippen LogP contribution is 2.31. The minimum Gasteiger partial charge on any atom is -0.495 e. The number of hydrogen-bond donors (Lipinski definition) is 1. The number of ether oxygens (including phenoxy) is 2. The van der Waals surface area contributed by atoms with Gasteiger partial charge < -0.3 is 14.8 Å². The normalized spacial score (nSPS) is 15.3. The van der Waals surface area contributed by atoms with Crippen LogP contribution in [0.4, 0.5) is 5.69 Å². The van der Waals surface area contributed by atoms with Crippen molar-refractivity contribution in [3.05, 3.63) is 46.4 Å². The third-order valence-electron chi connectivity index (χ3n) is 5.02. The van der Waals surface area contributed by atoms with Crippen molar-refractivity contribution >= 4 is 37.5 Å². The molecule has 0 aromatic heterocycles. The van der Waals surface area contributed by atoms with Crippen molar-refractivity contribution in [2.45, 2.75) is 30.6 Å². The number of amides is 1. The Balaban J connectivity index is 1.94. The van der Waals surface area contributed by atoms with Gasteiger partial charge in [-0.25, -0.2) is 8.42 Å². The first-order valence-corrected chi connectivity index (χ1v) is 11.9. The Labute approximate surface area is 185 Å². The van der Waals surface area contributed by atoms with Gasteiger partial charge in [-0.2, -0.15) is 4.31 Å². The van der Waals surface area contributed by atoms with E-state index < -0.39 is 15.9 Å². The van der Waals surface area contributed by atoms with Gasteiger partial charge in [-0.05, 0) is 49.2 Å². The molecule has 9 heteroatoms. The third-order valence-corrected chi connectivity index (χ3v) is 7.43. The average Bonchev–Trinajstić information content (AvgIpc) is 3.03. The van der Waals surface area contributed by atoms with Crippen LogP contribution in [0, 0.1) is 0 Å². The molecule has 7 nitrogen and oxygen atoms in total. The molecule has 0 saturated carbocycles. The summed E-state index contributed by atoms with van der Waals surface area (Å²) in [6.07, 6.45) is 3.68. The maximum atomic E-state index is 13.3. The molecule has 1 N–H and O–H groups in total. The molecule has 1 fully saturated rings. The highest BCUT2D eigenvalue weighted by molar-refractivity contribution is 9.10.